The normalized spacial score (nSPS) is 24.6. The Morgan fingerprint density at radius 3 is 2.30 bits per heavy atom. The van der Waals surface area contributed by atoms with E-state index in [0.29, 0.717) is 0 Å². The van der Waals surface area contributed by atoms with E-state index in [1.807, 2.05) is 51.1 Å². The van der Waals surface area contributed by atoms with Crippen LogP contribution < -0.4 is 0 Å². The molecule has 0 spiro atoms. The minimum absolute atomic E-state index is 0.0825. The van der Waals surface area contributed by atoms with Gasteiger partial charge in [-0.05, 0) is 18.4 Å². The first-order valence-electron chi connectivity index (χ1n) is 6.94. The van der Waals surface area contributed by atoms with Crippen molar-refractivity contribution in [2.45, 2.75) is 33.2 Å². The molecular weight excluding hydrogens is 254 g/mol. The number of benzene rings is 1. The molecular formula is C16H21NO3. The molecule has 108 valence electrons. The van der Waals surface area contributed by atoms with Crippen molar-refractivity contribution >= 4 is 11.8 Å². The summed E-state index contributed by atoms with van der Waals surface area (Å²) in [5.41, 5.74) is 0.115. The molecule has 1 fully saturated rings. The molecule has 4 nitrogen and oxygen atoms in total. The van der Waals surface area contributed by atoms with E-state index >= 15 is 0 Å². The summed E-state index contributed by atoms with van der Waals surface area (Å²) in [6.07, 6.45) is 0.215. The summed E-state index contributed by atoms with van der Waals surface area (Å²) in [6, 6.07) is 8.61. The molecule has 1 saturated heterocycles. The van der Waals surface area contributed by atoms with Crippen LogP contribution in [0.25, 0.3) is 0 Å². The van der Waals surface area contributed by atoms with Crippen LogP contribution in [0.2, 0.25) is 0 Å². The number of rotatable bonds is 4. The molecule has 0 saturated carbocycles. The number of nitrogens with zero attached hydrogens (tertiary/aromatic N) is 1. The highest BCUT2D eigenvalue weighted by Gasteiger charge is 2.52. The number of carbonyl (C=O) groups excluding carboxylic acids is 2. The van der Waals surface area contributed by atoms with Gasteiger partial charge >= 0.3 is 0 Å². The third-order valence-electron chi connectivity index (χ3n) is 4.44. The molecule has 1 aliphatic rings. The SMILES string of the molecule is CC(C)C1(C)CC(=O)N([C@H](CO)c2ccccc2)C1=O. The fourth-order valence-electron chi connectivity index (χ4n) is 2.64. The van der Waals surface area contributed by atoms with E-state index in [9.17, 15) is 14.7 Å². The van der Waals surface area contributed by atoms with E-state index < -0.39 is 11.5 Å². The summed E-state index contributed by atoms with van der Waals surface area (Å²) in [6.45, 7) is 5.48. The standard InChI is InChI=1S/C16H21NO3/c1-11(2)16(3)9-14(19)17(15(16)20)13(10-18)12-7-5-4-6-8-12/h4-8,11,13,18H,9-10H2,1-3H3/t13-,16?/m1/s1. The van der Waals surface area contributed by atoms with Crippen LogP contribution in [0, 0.1) is 11.3 Å². The number of imide groups is 1. The highest BCUT2D eigenvalue weighted by molar-refractivity contribution is 6.06. The molecule has 1 aromatic rings. The monoisotopic (exact) mass is 275 g/mol. The molecule has 0 radical (unpaired) electrons. The lowest BCUT2D eigenvalue weighted by Crippen LogP contribution is -2.40. The Kier molecular flexibility index (Phi) is 3.95. The quantitative estimate of drug-likeness (QED) is 0.856. The van der Waals surface area contributed by atoms with Crippen molar-refractivity contribution in [1.29, 1.82) is 0 Å². The Balaban J connectivity index is 2.37. The zero-order chi connectivity index (χ0) is 14.9. The third kappa shape index (κ3) is 2.24. The molecule has 2 amide bonds. The van der Waals surface area contributed by atoms with E-state index in [-0.39, 0.29) is 30.8 Å². The van der Waals surface area contributed by atoms with Gasteiger partial charge in [0.2, 0.25) is 11.8 Å². The van der Waals surface area contributed by atoms with Gasteiger partial charge in [-0.3, -0.25) is 14.5 Å². The zero-order valence-corrected chi connectivity index (χ0v) is 12.2. The summed E-state index contributed by atoms with van der Waals surface area (Å²) in [5, 5.41) is 9.64. The summed E-state index contributed by atoms with van der Waals surface area (Å²) >= 11 is 0. The second-order valence-corrected chi connectivity index (χ2v) is 5.93. The van der Waals surface area contributed by atoms with Crippen LogP contribution in [0.3, 0.4) is 0 Å². The summed E-state index contributed by atoms with van der Waals surface area (Å²) in [4.78, 5) is 26.2. The number of likely N-dealkylation sites (tertiary alicyclic amines) is 1. The Hall–Kier alpha value is -1.68. The predicted molar refractivity (Wildman–Crippen MR) is 75.7 cm³/mol. The van der Waals surface area contributed by atoms with Crippen LogP contribution in [-0.4, -0.2) is 28.4 Å². The summed E-state index contributed by atoms with van der Waals surface area (Å²) < 4.78 is 0. The third-order valence-corrected chi connectivity index (χ3v) is 4.44. The Bertz CT molecular complexity index is 512. The van der Waals surface area contributed by atoms with Crippen molar-refractivity contribution in [3.8, 4) is 0 Å². The van der Waals surface area contributed by atoms with Crippen molar-refractivity contribution < 1.29 is 14.7 Å². The predicted octanol–water partition coefficient (Wildman–Crippen LogP) is 2.14. The molecule has 1 N–H and O–H groups in total. The number of hydrogen-bond acceptors (Lipinski definition) is 3. The maximum absolute atomic E-state index is 12.6. The average Bonchev–Trinajstić information content (AvgIpc) is 2.66. The lowest BCUT2D eigenvalue weighted by Gasteiger charge is -2.29. The first-order chi connectivity index (χ1) is 9.41. The Morgan fingerprint density at radius 2 is 1.85 bits per heavy atom. The second kappa shape index (κ2) is 5.37. The van der Waals surface area contributed by atoms with E-state index in [1.54, 1.807) is 0 Å². The van der Waals surface area contributed by atoms with Crippen LogP contribution in [0.1, 0.15) is 38.8 Å². The van der Waals surface area contributed by atoms with Gasteiger partial charge < -0.3 is 5.11 Å². The zero-order valence-electron chi connectivity index (χ0n) is 12.2. The minimum Gasteiger partial charge on any atom is -0.394 e. The Morgan fingerprint density at radius 1 is 1.25 bits per heavy atom. The molecule has 0 aromatic heterocycles. The van der Waals surface area contributed by atoms with Gasteiger partial charge in [-0.15, -0.1) is 0 Å². The van der Waals surface area contributed by atoms with Gasteiger partial charge in [-0.2, -0.15) is 0 Å². The van der Waals surface area contributed by atoms with Crippen molar-refractivity contribution in [3.63, 3.8) is 0 Å². The van der Waals surface area contributed by atoms with Crippen molar-refractivity contribution in [2.24, 2.45) is 11.3 Å². The van der Waals surface area contributed by atoms with Gasteiger partial charge in [-0.25, -0.2) is 0 Å². The van der Waals surface area contributed by atoms with Crippen LogP contribution in [0.5, 0.6) is 0 Å². The van der Waals surface area contributed by atoms with Gasteiger partial charge in [0.15, 0.2) is 0 Å². The highest BCUT2D eigenvalue weighted by atomic mass is 16.3. The Labute approximate surface area is 119 Å². The number of carbonyl (C=O) groups is 2. The second-order valence-electron chi connectivity index (χ2n) is 5.93. The lowest BCUT2D eigenvalue weighted by atomic mass is 9.78. The van der Waals surface area contributed by atoms with Crippen LogP contribution in [0.4, 0.5) is 0 Å². The number of amides is 2. The topological polar surface area (TPSA) is 57.6 Å². The van der Waals surface area contributed by atoms with Crippen molar-refractivity contribution in [3.05, 3.63) is 35.9 Å². The summed E-state index contributed by atoms with van der Waals surface area (Å²) in [5.74, 6) is -0.298. The fourth-order valence-corrected chi connectivity index (χ4v) is 2.64. The maximum Gasteiger partial charge on any atom is 0.236 e. The molecule has 1 unspecified atom stereocenters. The lowest BCUT2D eigenvalue weighted by molar-refractivity contribution is -0.146. The first-order valence-corrected chi connectivity index (χ1v) is 6.94. The minimum atomic E-state index is -0.667. The number of aliphatic hydroxyl groups is 1. The highest BCUT2D eigenvalue weighted by Crippen LogP contribution is 2.42. The molecule has 0 bridgehead atoms. The van der Waals surface area contributed by atoms with Gasteiger partial charge in [0.1, 0.15) is 0 Å². The average molecular weight is 275 g/mol. The van der Waals surface area contributed by atoms with Gasteiger partial charge in [0, 0.05) is 6.42 Å². The number of hydrogen-bond donors (Lipinski definition) is 1. The van der Waals surface area contributed by atoms with Crippen molar-refractivity contribution in [2.75, 3.05) is 6.61 Å². The number of aliphatic hydroxyl groups excluding tert-OH is 1. The molecule has 20 heavy (non-hydrogen) atoms. The summed E-state index contributed by atoms with van der Waals surface area (Å²) in [7, 11) is 0. The first kappa shape index (κ1) is 14.7. The van der Waals surface area contributed by atoms with Gasteiger partial charge in [0.05, 0.1) is 18.1 Å². The van der Waals surface area contributed by atoms with Crippen LogP contribution in [0.15, 0.2) is 30.3 Å². The molecule has 0 aliphatic carbocycles. The molecule has 2 atom stereocenters. The molecule has 2 rings (SSSR count). The molecule has 1 aromatic carbocycles. The maximum atomic E-state index is 12.6. The van der Waals surface area contributed by atoms with Gasteiger partial charge in [-0.1, -0.05) is 44.2 Å². The fraction of sp³-hybridized carbons (Fsp3) is 0.500. The smallest absolute Gasteiger partial charge is 0.236 e. The molecule has 4 heteroatoms. The van der Waals surface area contributed by atoms with Crippen molar-refractivity contribution in [1.82, 2.24) is 4.90 Å². The van der Waals surface area contributed by atoms with Crippen LogP contribution >= 0.6 is 0 Å². The van der Waals surface area contributed by atoms with E-state index in [2.05, 4.69) is 0 Å². The largest absolute Gasteiger partial charge is 0.394 e. The van der Waals surface area contributed by atoms with E-state index in [1.165, 1.54) is 4.90 Å². The van der Waals surface area contributed by atoms with E-state index in [4.69, 9.17) is 0 Å². The molecule has 1 aliphatic heterocycles. The van der Waals surface area contributed by atoms with Crippen LogP contribution in [-0.2, 0) is 9.59 Å². The molecule has 1 heterocycles. The van der Waals surface area contributed by atoms with Gasteiger partial charge in [0.25, 0.3) is 0 Å². The van der Waals surface area contributed by atoms with E-state index in [0.717, 1.165) is 5.56 Å².